The van der Waals surface area contributed by atoms with Crippen LogP contribution in [0.3, 0.4) is 0 Å². The molecule has 1 aromatic carbocycles. The van der Waals surface area contributed by atoms with Gasteiger partial charge >= 0.3 is 0 Å². The van der Waals surface area contributed by atoms with E-state index in [1.807, 2.05) is 30.3 Å². The van der Waals surface area contributed by atoms with E-state index in [2.05, 4.69) is 27.5 Å². The average Bonchev–Trinajstić information content (AvgIpc) is 2.62. The lowest BCUT2D eigenvalue weighted by molar-refractivity contribution is 0.0932. The van der Waals surface area contributed by atoms with Gasteiger partial charge in [0.05, 0.1) is 6.61 Å². The Morgan fingerprint density at radius 1 is 1.17 bits per heavy atom. The number of benzene rings is 1. The number of hydrogen-bond acceptors (Lipinski definition) is 5. The second kappa shape index (κ2) is 9.62. The molecule has 1 heterocycles. The fraction of sp³-hybridized carbons (Fsp3) is 0.389. The molecule has 0 saturated carbocycles. The van der Waals surface area contributed by atoms with E-state index in [4.69, 9.17) is 4.74 Å². The van der Waals surface area contributed by atoms with Crippen LogP contribution >= 0.6 is 0 Å². The highest BCUT2D eigenvalue weighted by Crippen LogP contribution is 2.18. The molecule has 0 fully saturated rings. The zero-order valence-corrected chi connectivity index (χ0v) is 14.2. The summed E-state index contributed by atoms with van der Waals surface area (Å²) in [6, 6.07) is 11.3. The van der Waals surface area contributed by atoms with Crippen molar-refractivity contribution in [1.82, 2.24) is 15.3 Å². The van der Waals surface area contributed by atoms with E-state index in [-0.39, 0.29) is 5.91 Å². The van der Waals surface area contributed by atoms with Crippen molar-refractivity contribution in [2.45, 2.75) is 19.8 Å². The zero-order chi connectivity index (χ0) is 17.2. The standard InChI is InChI=1S/C18H24N4O2/c1-3-4-10-19-16-13-15(18(23)20-11-12-24-2)21-17(22-16)14-8-6-5-7-9-14/h5-9,13H,3-4,10-12H2,1-2H3,(H,20,23)(H,19,21,22). The smallest absolute Gasteiger partial charge is 0.270 e. The van der Waals surface area contributed by atoms with Gasteiger partial charge in [0.1, 0.15) is 11.5 Å². The van der Waals surface area contributed by atoms with Crippen molar-refractivity contribution in [1.29, 1.82) is 0 Å². The summed E-state index contributed by atoms with van der Waals surface area (Å²) in [6.07, 6.45) is 2.13. The molecular formula is C18H24N4O2. The van der Waals surface area contributed by atoms with E-state index >= 15 is 0 Å². The Labute approximate surface area is 142 Å². The second-order valence-corrected chi connectivity index (χ2v) is 5.36. The normalized spacial score (nSPS) is 10.4. The fourth-order valence-electron chi connectivity index (χ4n) is 2.12. The summed E-state index contributed by atoms with van der Waals surface area (Å²) in [5, 5.41) is 6.05. The Hall–Kier alpha value is -2.47. The number of carbonyl (C=O) groups excluding carboxylic acids is 1. The number of nitrogens with one attached hydrogen (secondary N) is 2. The zero-order valence-electron chi connectivity index (χ0n) is 14.2. The predicted molar refractivity (Wildman–Crippen MR) is 95.1 cm³/mol. The molecule has 0 spiro atoms. The summed E-state index contributed by atoms with van der Waals surface area (Å²) in [6.45, 7) is 3.85. The van der Waals surface area contributed by atoms with E-state index < -0.39 is 0 Å². The summed E-state index contributed by atoms with van der Waals surface area (Å²) >= 11 is 0. The molecule has 1 aromatic heterocycles. The number of hydrogen-bond donors (Lipinski definition) is 2. The molecule has 0 saturated heterocycles. The number of amides is 1. The molecule has 6 heteroatoms. The molecule has 128 valence electrons. The van der Waals surface area contributed by atoms with Gasteiger partial charge in [0.25, 0.3) is 5.91 Å². The number of aromatic nitrogens is 2. The topological polar surface area (TPSA) is 76.1 Å². The van der Waals surface area contributed by atoms with Crippen LogP contribution in [0.15, 0.2) is 36.4 Å². The van der Waals surface area contributed by atoms with Crippen LogP contribution in [0.5, 0.6) is 0 Å². The third-order valence-corrected chi connectivity index (χ3v) is 3.42. The van der Waals surface area contributed by atoms with E-state index in [1.54, 1.807) is 13.2 Å². The molecule has 0 atom stereocenters. The van der Waals surface area contributed by atoms with Gasteiger partial charge in [-0.15, -0.1) is 0 Å². The summed E-state index contributed by atoms with van der Waals surface area (Å²) in [4.78, 5) is 21.2. The van der Waals surface area contributed by atoms with Crippen molar-refractivity contribution < 1.29 is 9.53 Å². The maximum atomic E-state index is 12.3. The Bertz CT molecular complexity index is 647. The minimum Gasteiger partial charge on any atom is -0.383 e. The lowest BCUT2D eigenvalue weighted by Crippen LogP contribution is -2.28. The van der Waals surface area contributed by atoms with E-state index in [1.165, 1.54) is 0 Å². The van der Waals surface area contributed by atoms with Gasteiger partial charge in [-0.2, -0.15) is 0 Å². The quantitative estimate of drug-likeness (QED) is 0.692. The summed E-state index contributed by atoms with van der Waals surface area (Å²) in [5.74, 6) is 0.966. The highest BCUT2D eigenvalue weighted by molar-refractivity contribution is 5.93. The molecule has 0 radical (unpaired) electrons. The number of rotatable bonds is 9. The van der Waals surface area contributed by atoms with E-state index in [9.17, 15) is 4.79 Å². The van der Waals surface area contributed by atoms with Crippen LogP contribution in [0, 0.1) is 0 Å². The average molecular weight is 328 g/mol. The molecule has 2 rings (SSSR count). The maximum absolute atomic E-state index is 12.3. The number of ether oxygens (including phenoxy) is 1. The first-order valence-corrected chi connectivity index (χ1v) is 8.20. The summed E-state index contributed by atoms with van der Waals surface area (Å²) in [7, 11) is 1.60. The van der Waals surface area contributed by atoms with Crippen LogP contribution in [0.25, 0.3) is 11.4 Å². The molecule has 0 bridgehead atoms. The highest BCUT2D eigenvalue weighted by atomic mass is 16.5. The van der Waals surface area contributed by atoms with Crippen molar-refractivity contribution in [3.63, 3.8) is 0 Å². The van der Waals surface area contributed by atoms with Crippen LogP contribution in [0.2, 0.25) is 0 Å². The van der Waals surface area contributed by atoms with Gasteiger partial charge in [0.2, 0.25) is 0 Å². The van der Waals surface area contributed by atoms with Gasteiger partial charge in [-0.05, 0) is 6.42 Å². The van der Waals surface area contributed by atoms with Crippen LogP contribution in [-0.2, 0) is 4.74 Å². The SMILES string of the molecule is CCCCNc1cc(C(=O)NCCOC)nc(-c2ccccc2)n1. The van der Waals surface area contributed by atoms with Crippen LogP contribution in [0.4, 0.5) is 5.82 Å². The van der Waals surface area contributed by atoms with Crippen LogP contribution in [0.1, 0.15) is 30.3 Å². The molecule has 0 aliphatic heterocycles. The number of nitrogens with zero attached hydrogens (tertiary/aromatic N) is 2. The molecule has 24 heavy (non-hydrogen) atoms. The van der Waals surface area contributed by atoms with Gasteiger partial charge < -0.3 is 15.4 Å². The number of anilines is 1. The molecular weight excluding hydrogens is 304 g/mol. The van der Waals surface area contributed by atoms with Gasteiger partial charge in [0, 0.05) is 31.8 Å². The Morgan fingerprint density at radius 3 is 2.67 bits per heavy atom. The van der Waals surface area contributed by atoms with Crippen molar-refractivity contribution in [3.05, 3.63) is 42.1 Å². The Balaban J connectivity index is 2.24. The van der Waals surface area contributed by atoms with E-state index in [0.29, 0.717) is 30.5 Å². The van der Waals surface area contributed by atoms with Gasteiger partial charge in [0.15, 0.2) is 5.82 Å². The van der Waals surface area contributed by atoms with Crippen LogP contribution in [-0.4, -0.2) is 42.7 Å². The van der Waals surface area contributed by atoms with Gasteiger partial charge in [-0.1, -0.05) is 43.7 Å². The minimum absolute atomic E-state index is 0.231. The monoisotopic (exact) mass is 328 g/mol. The van der Waals surface area contributed by atoms with Crippen molar-refractivity contribution in [2.75, 3.05) is 32.1 Å². The molecule has 2 aromatic rings. The lowest BCUT2D eigenvalue weighted by atomic mass is 10.2. The maximum Gasteiger partial charge on any atom is 0.270 e. The summed E-state index contributed by atoms with van der Waals surface area (Å²) in [5.41, 5.74) is 1.22. The molecule has 0 aliphatic rings. The number of carbonyl (C=O) groups is 1. The minimum atomic E-state index is -0.231. The van der Waals surface area contributed by atoms with Crippen molar-refractivity contribution in [2.24, 2.45) is 0 Å². The third-order valence-electron chi connectivity index (χ3n) is 3.42. The third kappa shape index (κ3) is 5.31. The highest BCUT2D eigenvalue weighted by Gasteiger charge is 2.12. The first-order chi connectivity index (χ1) is 11.7. The largest absolute Gasteiger partial charge is 0.383 e. The number of methoxy groups -OCH3 is 1. The van der Waals surface area contributed by atoms with Gasteiger partial charge in [-0.3, -0.25) is 4.79 Å². The number of unbranched alkanes of at least 4 members (excludes halogenated alkanes) is 1. The van der Waals surface area contributed by atoms with Crippen LogP contribution < -0.4 is 10.6 Å². The second-order valence-electron chi connectivity index (χ2n) is 5.36. The molecule has 2 N–H and O–H groups in total. The predicted octanol–water partition coefficient (Wildman–Crippen LogP) is 2.73. The molecule has 0 aliphatic carbocycles. The Kier molecular flexibility index (Phi) is 7.17. The fourth-order valence-corrected chi connectivity index (χ4v) is 2.12. The van der Waals surface area contributed by atoms with Crippen molar-refractivity contribution in [3.8, 4) is 11.4 Å². The Morgan fingerprint density at radius 2 is 1.96 bits per heavy atom. The van der Waals surface area contributed by atoms with Gasteiger partial charge in [-0.25, -0.2) is 9.97 Å². The first-order valence-electron chi connectivity index (χ1n) is 8.20. The lowest BCUT2D eigenvalue weighted by Gasteiger charge is -2.10. The van der Waals surface area contributed by atoms with Crippen molar-refractivity contribution >= 4 is 11.7 Å². The summed E-state index contributed by atoms with van der Waals surface area (Å²) < 4.78 is 4.95. The first kappa shape index (κ1) is 17.9. The molecule has 0 unspecified atom stereocenters. The molecule has 6 nitrogen and oxygen atoms in total. The van der Waals surface area contributed by atoms with E-state index in [0.717, 1.165) is 24.9 Å². The molecule has 1 amide bonds.